The van der Waals surface area contributed by atoms with Crippen LogP contribution in [0.1, 0.15) is 10.4 Å². The van der Waals surface area contributed by atoms with Gasteiger partial charge in [-0.15, -0.1) is 0 Å². The van der Waals surface area contributed by atoms with E-state index in [1.165, 1.54) is 18.2 Å². The van der Waals surface area contributed by atoms with E-state index in [-0.39, 0.29) is 11.5 Å². The number of carbonyl (C=O) groups is 1. The van der Waals surface area contributed by atoms with E-state index >= 15 is 0 Å². The molecule has 0 aliphatic rings. The summed E-state index contributed by atoms with van der Waals surface area (Å²) in [6, 6.07) is 5.10. The monoisotopic (exact) mass is 355 g/mol. The van der Waals surface area contributed by atoms with Gasteiger partial charge in [-0.2, -0.15) is 0 Å². The molecule has 108 valence electrons. The zero-order chi connectivity index (χ0) is 15.6. The molecule has 1 aromatic carbocycles. The van der Waals surface area contributed by atoms with E-state index in [9.17, 15) is 19.3 Å². The molecule has 1 aromatic heterocycles. The van der Waals surface area contributed by atoms with Crippen molar-refractivity contribution >= 4 is 39.1 Å². The number of anilines is 2. The maximum absolute atomic E-state index is 13.6. The SMILES string of the molecule is O=C(O)c1cc(Nc2cc(Br)ccc2F)ncc1[N+](=O)[O-]. The quantitative estimate of drug-likeness (QED) is 0.643. The summed E-state index contributed by atoms with van der Waals surface area (Å²) in [6.45, 7) is 0. The number of nitro groups is 1. The molecule has 0 radical (unpaired) electrons. The number of rotatable bonds is 4. The highest BCUT2D eigenvalue weighted by Crippen LogP contribution is 2.25. The second-order valence-corrected chi connectivity index (χ2v) is 4.81. The van der Waals surface area contributed by atoms with Gasteiger partial charge in [0.1, 0.15) is 23.4 Å². The molecule has 2 N–H and O–H groups in total. The molecule has 0 amide bonds. The molecule has 0 aliphatic carbocycles. The fraction of sp³-hybridized carbons (Fsp3) is 0. The minimum absolute atomic E-state index is 0.0185. The number of nitrogens with zero attached hydrogens (tertiary/aromatic N) is 2. The average Bonchev–Trinajstić information content (AvgIpc) is 2.42. The molecule has 0 unspecified atom stereocenters. The van der Waals surface area contributed by atoms with Crippen molar-refractivity contribution in [1.82, 2.24) is 4.98 Å². The highest BCUT2D eigenvalue weighted by atomic mass is 79.9. The van der Waals surface area contributed by atoms with E-state index in [1.54, 1.807) is 0 Å². The number of nitrogens with one attached hydrogen (secondary N) is 1. The Morgan fingerprint density at radius 3 is 2.76 bits per heavy atom. The Kier molecular flexibility index (Phi) is 4.13. The van der Waals surface area contributed by atoms with Crippen LogP contribution >= 0.6 is 15.9 Å². The Hall–Kier alpha value is -2.55. The average molecular weight is 356 g/mol. The normalized spacial score (nSPS) is 10.2. The smallest absolute Gasteiger partial charge is 0.342 e. The number of aromatic carboxylic acids is 1. The van der Waals surface area contributed by atoms with Crippen molar-refractivity contribution in [2.45, 2.75) is 0 Å². The summed E-state index contributed by atoms with van der Waals surface area (Å²) in [5.41, 5.74) is -1.11. The Balaban J connectivity index is 2.41. The highest BCUT2D eigenvalue weighted by Gasteiger charge is 2.21. The van der Waals surface area contributed by atoms with Crippen molar-refractivity contribution < 1.29 is 19.2 Å². The lowest BCUT2D eigenvalue weighted by Crippen LogP contribution is -2.05. The van der Waals surface area contributed by atoms with Gasteiger partial charge in [0.05, 0.1) is 10.6 Å². The third-order valence-electron chi connectivity index (χ3n) is 2.50. The second-order valence-electron chi connectivity index (χ2n) is 3.90. The van der Waals surface area contributed by atoms with Gasteiger partial charge in [-0.3, -0.25) is 10.1 Å². The van der Waals surface area contributed by atoms with Crippen molar-refractivity contribution in [3.8, 4) is 0 Å². The summed E-state index contributed by atoms with van der Waals surface area (Å²) < 4.78 is 14.2. The Bertz CT molecular complexity index is 738. The fourth-order valence-electron chi connectivity index (χ4n) is 1.56. The van der Waals surface area contributed by atoms with Crippen molar-refractivity contribution in [2.75, 3.05) is 5.32 Å². The van der Waals surface area contributed by atoms with Crippen LogP contribution in [0.15, 0.2) is 34.9 Å². The molecule has 0 saturated heterocycles. The van der Waals surface area contributed by atoms with E-state index in [0.717, 1.165) is 12.3 Å². The standard InChI is InChI=1S/C12H7BrFN3O4/c13-6-1-2-8(14)9(3-6)16-11-4-7(12(18)19)10(5-15-11)17(20)21/h1-5H,(H,15,16)(H,18,19). The van der Waals surface area contributed by atoms with Crippen LogP contribution < -0.4 is 5.32 Å². The van der Waals surface area contributed by atoms with Gasteiger partial charge in [-0.05, 0) is 18.2 Å². The van der Waals surface area contributed by atoms with Crippen molar-refractivity contribution in [3.05, 3.63) is 56.4 Å². The maximum atomic E-state index is 13.6. The van der Waals surface area contributed by atoms with Crippen LogP contribution in [-0.4, -0.2) is 21.0 Å². The first-order valence-corrected chi connectivity index (χ1v) is 6.27. The lowest BCUT2D eigenvalue weighted by atomic mass is 10.2. The first-order valence-electron chi connectivity index (χ1n) is 5.48. The zero-order valence-electron chi connectivity index (χ0n) is 10.2. The summed E-state index contributed by atoms with van der Waals surface area (Å²) in [6.07, 6.45) is 0.807. The lowest BCUT2D eigenvalue weighted by molar-refractivity contribution is -0.385. The minimum Gasteiger partial charge on any atom is -0.477 e. The Labute approximate surface area is 125 Å². The van der Waals surface area contributed by atoms with E-state index in [2.05, 4.69) is 26.2 Å². The molecule has 0 fully saturated rings. The van der Waals surface area contributed by atoms with Crippen LogP contribution in [0.25, 0.3) is 0 Å². The predicted octanol–water partition coefficient (Wildman–Crippen LogP) is 3.33. The van der Waals surface area contributed by atoms with Gasteiger partial charge in [0.25, 0.3) is 0 Å². The molecular formula is C12H7BrFN3O4. The summed E-state index contributed by atoms with van der Waals surface area (Å²) in [7, 11) is 0. The third kappa shape index (κ3) is 3.31. The summed E-state index contributed by atoms with van der Waals surface area (Å²) in [5.74, 6) is -2.06. The van der Waals surface area contributed by atoms with Crippen molar-refractivity contribution in [3.63, 3.8) is 0 Å². The van der Waals surface area contributed by atoms with Gasteiger partial charge in [0.2, 0.25) is 0 Å². The molecule has 7 nitrogen and oxygen atoms in total. The summed E-state index contributed by atoms with van der Waals surface area (Å²) in [5, 5.41) is 22.2. The molecule has 0 bridgehead atoms. The molecule has 1 heterocycles. The molecule has 0 saturated carbocycles. The number of benzene rings is 1. The van der Waals surface area contributed by atoms with Crippen LogP contribution in [0.4, 0.5) is 21.6 Å². The molecule has 0 aliphatic heterocycles. The number of hydrogen-bond acceptors (Lipinski definition) is 5. The molecular weight excluding hydrogens is 349 g/mol. The van der Waals surface area contributed by atoms with Crippen LogP contribution in [-0.2, 0) is 0 Å². The fourth-order valence-corrected chi connectivity index (χ4v) is 1.93. The number of carboxylic acid groups (broad SMARTS) is 1. The predicted molar refractivity (Wildman–Crippen MR) is 75.2 cm³/mol. The molecule has 2 aromatic rings. The number of carboxylic acids is 1. The molecule has 0 atom stereocenters. The Morgan fingerprint density at radius 2 is 2.14 bits per heavy atom. The van der Waals surface area contributed by atoms with Crippen LogP contribution in [0.3, 0.4) is 0 Å². The van der Waals surface area contributed by atoms with Gasteiger partial charge in [0.15, 0.2) is 0 Å². The van der Waals surface area contributed by atoms with Crippen molar-refractivity contribution in [1.29, 1.82) is 0 Å². The van der Waals surface area contributed by atoms with Gasteiger partial charge < -0.3 is 10.4 Å². The number of hydrogen-bond donors (Lipinski definition) is 2. The molecule has 21 heavy (non-hydrogen) atoms. The topological polar surface area (TPSA) is 105 Å². The minimum atomic E-state index is -1.47. The van der Waals surface area contributed by atoms with E-state index in [1.807, 2.05) is 0 Å². The highest BCUT2D eigenvalue weighted by molar-refractivity contribution is 9.10. The number of halogens is 2. The van der Waals surface area contributed by atoms with E-state index in [0.29, 0.717) is 4.47 Å². The van der Waals surface area contributed by atoms with Crippen LogP contribution in [0, 0.1) is 15.9 Å². The van der Waals surface area contributed by atoms with E-state index < -0.39 is 28.0 Å². The summed E-state index contributed by atoms with van der Waals surface area (Å²) in [4.78, 5) is 24.6. The number of aromatic nitrogens is 1. The lowest BCUT2D eigenvalue weighted by Gasteiger charge is -2.08. The first-order chi connectivity index (χ1) is 9.88. The van der Waals surface area contributed by atoms with Crippen molar-refractivity contribution in [2.24, 2.45) is 0 Å². The number of pyridine rings is 1. The second kappa shape index (κ2) is 5.83. The molecule has 0 spiro atoms. The van der Waals surface area contributed by atoms with Gasteiger partial charge >= 0.3 is 11.7 Å². The first kappa shape index (κ1) is 14.9. The zero-order valence-corrected chi connectivity index (χ0v) is 11.8. The van der Waals surface area contributed by atoms with Crippen LogP contribution in [0.2, 0.25) is 0 Å². The third-order valence-corrected chi connectivity index (χ3v) is 2.99. The molecule has 2 rings (SSSR count). The van der Waals surface area contributed by atoms with Gasteiger partial charge in [-0.25, -0.2) is 14.2 Å². The maximum Gasteiger partial charge on any atom is 0.342 e. The summed E-state index contributed by atoms with van der Waals surface area (Å²) >= 11 is 3.17. The van der Waals surface area contributed by atoms with Crippen LogP contribution in [0.5, 0.6) is 0 Å². The Morgan fingerprint density at radius 1 is 1.43 bits per heavy atom. The van der Waals surface area contributed by atoms with Gasteiger partial charge in [0, 0.05) is 10.5 Å². The van der Waals surface area contributed by atoms with Gasteiger partial charge in [-0.1, -0.05) is 15.9 Å². The molecule has 9 heteroatoms. The largest absolute Gasteiger partial charge is 0.477 e. The van der Waals surface area contributed by atoms with E-state index in [4.69, 9.17) is 5.11 Å².